The van der Waals surface area contributed by atoms with Crippen molar-refractivity contribution >= 4 is 5.84 Å². The number of rotatable bonds is 1. The van der Waals surface area contributed by atoms with Crippen molar-refractivity contribution in [3.05, 3.63) is 22.4 Å². The molecule has 0 aliphatic rings. The molecule has 0 N–H and O–H groups in total. The van der Waals surface area contributed by atoms with E-state index in [0.29, 0.717) is 0 Å². The monoisotopic (exact) mass is 128 g/mol. The van der Waals surface area contributed by atoms with Crippen LogP contribution in [0.2, 0.25) is 0 Å². The van der Waals surface area contributed by atoms with E-state index in [0.717, 1.165) is 0 Å². The van der Waals surface area contributed by atoms with Crippen molar-refractivity contribution in [3.63, 3.8) is 0 Å². The molecular formula is C5H8N2O2. The Kier molecular flexibility index (Phi) is 3.27. The van der Waals surface area contributed by atoms with Gasteiger partial charge in [0.15, 0.2) is 0 Å². The molecule has 0 atom stereocenters. The minimum absolute atomic E-state index is 0.0897. The van der Waals surface area contributed by atoms with E-state index in [2.05, 4.69) is 4.99 Å². The molecule has 0 unspecified atom stereocenters. The van der Waals surface area contributed by atoms with Crippen LogP contribution < -0.4 is 0 Å². The molecule has 0 amide bonds. The summed E-state index contributed by atoms with van der Waals surface area (Å²) in [5, 5.41) is 9.85. The fourth-order valence-corrected chi connectivity index (χ4v) is 0.230. The molecule has 0 aliphatic heterocycles. The lowest BCUT2D eigenvalue weighted by Crippen LogP contribution is -2.04. The number of hydrogen-bond donors (Lipinski definition) is 0. The third-order valence-electron chi connectivity index (χ3n) is 0.675. The van der Waals surface area contributed by atoms with Crippen molar-refractivity contribution in [2.45, 2.75) is 13.8 Å². The van der Waals surface area contributed by atoms with E-state index in [1.165, 1.54) is 13.1 Å². The summed E-state index contributed by atoms with van der Waals surface area (Å²) in [6.45, 7) is 3.09. The SMILES string of the molecule is C/C=C\N=C(C)[N+](=O)[O-]. The van der Waals surface area contributed by atoms with Crippen molar-refractivity contribution in [2.75, 3.05) is 0 Å². The average Bonchev–Trinajstić information content (AvgIpc) is 1.82. The van der Waals surface area contributed by atoms with E-state index in [1.807, 2.05) is 0 Å². The van der Waals surface area contributed by atoms with Gasteiger partial charge in [-0.1, -0.05) is 4.99 Å². The van der Waals surface area contributed by atoms with Gasteiger partial charge in [-0.05, 0) is 17.9 Å². The molecule has 0 rings (SSSR count). The van der Waals surface area contributed by atoms with Crippen LogP contribution in [0.25, 0.3) is 0 Å². The molecule has 0 bridgehead atoms. The standard InChI is InChI=1S/C5H8N2O2/c1-3-4-6-5(2)7(8)9/h3-4H,1-2H3/b4-3-,6-5?. The second kappa shape index (κ2) is 3.77. The number of amidine groups is 1. The Bertz CT molecular complexity index is 160. The Hall–Kier alpha value is -1.19. The summed E-state index contributed by atoms with van der Waals surface area (Å²) < 4.78 is 0. The van der Waals surface area contributed by atoms with E-state index in [4.69, 9.17) is 0 Å². The van der Waals surface area contributed by atoms with E-state index in [1.54, 1.807) is 13.0 Å². The van der Waals surface area contributed by atoms with Crippen LogP contribution in [0.1, 0.15) is 13.8 Å². The summed E-state index contributed by atoms with van der Waals surface area (Å²) >= 11 is 0. The van der Waals surface area contributed by atoms with Gasteiger partial charge < -0.3 is 10.1 Å². The van der Waals surface area contributed by atoms with E-state index >= 15 is 0 Å². The molecule has 9 heavy (non-hydrogen) atoms. The molecule has 0 aromatic heterocycles. The molecule has 0 saturated carbocycles. The normalized spacial score (nSPS) is 12.4. The quantitative estimate of drug-likeness (QED) is 0.231. The molecule has 0 spiro atoms. The lowest BCUT2D eigenvalue weighted by molar-refractivity contribution is -0.351. The topological polar surface area (TPSA) is 55.5 Å². The smallest absolute Gasteiger partial charge is 0.335 e. The summed E-state index contributed by atoms with van der Waals surface area (Å²) in [4.78, 5) is 12.8. The number of nitrogens with zero attached hydrogens (tertiary/aromatic N) is 2. The van der Waals surface area contributed by atoms with E-state index in [-0.39, 0.29) is 5.84 Å². The van der Waals surface area contributed by atoms with Gasteiger partial charge in [-0.15, -0.1) is 0 Å². The average molecular weight is 128 g/mol. The summed E-state index contributed by atoms with van der Waals surface area (Å²) in [5.41, 5.74) is 0. The highest BCUT2D eigenvalue weighted by atomic mass is 16.6. The van der Waals surface area contributed by atoms with Crippen LogP contribution in [0.5, 0.6) is 0 Å². The Morgan fingerprint density at radius 1 is 1.78 bits per heavy atom. The van der Waals surface area contributed by atoms with Gasteiger partial charge in [0.05, 0.1) is 0 Å². The first kappa shape index (κ1) is 7.81. The highest BCUT2D eigenvalue weighted by Gasteiger charge is 1.97. The second-order valence-corrected chi connectivity index (χ2v) is 1.42. The Labute approximate surface area is 53.1 Å². The fraction of sp³-hybridized carbons (Fsp3) is 0.400. The van der Waals surface area contributed by atoms with Crippen LogP contribution in [-0.2, 0) is 0 Å². The molecule has 0 saturated heterocycles. The zero-order valence-electron chi connectivity index (χ0n) is 5.37. The van der Waals surface area contributed by atoms with Crippen molar-refractivity contribution < 1.29 is 4.92 Å². The Balaban J connectivity index is 4.00. The maximum atomic E-state index is 9.85. The van der Waals surface area contributed by atoms with Crippen LogP contribution in [0.4, 0.5) is 0 Å². The van der Waals surface area contributed by atoms with Gasteiger partial charge in [0.2, 0.25) is 0 Å². The molecule has 4 nitrogen and oxygen atoms in total. The van der Waals surface area contributed by atoms with Gasteiger partial charge in [-0.3, -0.25) is 0 Å². The van der Waals surface area contributed by atoms with Crippen molar-refractivity contribution in [3.8, 4) is 0 Å². The molecular weight excluding hydrogens is 120 g/mol. The number of hydrogen-bond acceptors (Lipinski definition) is 3. The van der Waals surface area contributed by atoms with E-state index in [9.17, 15) is 10.1 Å². The molecule has 0 aromatic carbocycles. The zero-order valence-corrected chi connectivity index (χ0v) is 5.37. The lowest BCUT2D eigenvalue weighted by Gasteiger charge is -1.85. The maximum absolute atomic E-state index is 9.85. The third-order valence-corrected chi connectivity index (χ3v) is 0.675. The highest BCUT2D eigenvalue weighted by Crippen LogP contribution is 1.80. The maximum Gasteiger partial charge on any atom is 0.335 e. The molecule has 50 valence electrons. The van der Waals surface area contributed by atoms with Gasteiger partial charge >= 0.3 is 5.84 Å². The van der Waals surface area contributed by atoms with E-state index < -0.39 is 4.92 Å². The summed E-state index contributed by atoms with van der Waals surface area (Å²) in [7, 11) is 0. The van der Waals surface area contributed by atoms with Crippen molar-refractivity contribution in [1.82, 2.24) is 0 Å². The molecule has 4 heteroatoms. The lowest BCUT2D eigenvalue weighted by atomic mass is 10.6. The largest absolute Gasteiger partial charge is 0.358 e. The van der Waals surface area contributed by atoms with Crippen molar-refractivity contribution in [1.29, 1.82) is 0 Å². The van der Waals surface area contributed by atoms with Crippen LogP contribution >= 0.6 is 0 Å². The summed E-state index contributed by atoms with van der Waals surface area (Å²) in [5.74, 6) is -0.0897. The molecule has 0 fully saturated rings. The van der Waals surface area contributed by atoms with Crippen molar-refractivity contribution in [2.24, 2.45) is 4.99 Å². The minimum Gasteiger partial charge on any atom is -0.358 e. The number of allylic oxidation sites excluding steroid dienone is 1. The third kappa shape index (κ3) is 3.40. The highest BCUT2D eigenvalue weighted by molar-refractivity contribution is 5.71. The summed E-state index contributed by atoms with van der Waals surface area (Å²) in [6.07, 6.45) is 3.02. The Morgan fingerprint density at radius 3 is 2.67 bits per heavy atom. The Morgan fingerprint density at radius 2 is 2.33 bits per heavy atom. The van der Waals surface area contributed by atoms with Crippen LogP contribution in [0.15, 0.2) is 17.3 Å². The molecule has 0 aromatic rings. The first-order valence-corrected chi connectivity index (χ1v) is 2.48. The first-order valence-electron chi connectivity index (χ1n) is 2.48. The zero-order chi connectivity index (χ0) is 7.28. The molecule has 0 heterocycles. The van der Waals surface area contributed by atoms with Gasteiger partial charge in [0, 0.05) is 6.92 Å². The predicted molar refractivity (Wildman–Crippen MR) is 34.9 cm³/mol. The van der Waals surface area contributed by atoms with Gasteiger partial charge in [-0.25, -0.2) is 0 Å². The molecule has 0 aliphatic carbocycles. The number of nitro groups is 1. The van der Waals surface area contributed by atoms with Crippen LogP contribution in [-0.4, -0.2) is 10.8 Å². The first-order chi connectivity index (χ1) is 4.18. The van der Waals surface area contributed by atoms with Crippen LogP contribution in [0.3, 0.4) is 0 Å². The molecule has 0 radical (unpaired) electrons. The van der Waals surface area contributed by atoms with Gasteiger partial charge in [0.25, 0.3) is 0 Å². The van der Waals surface area contributed by atoms with Crippen LogP contribution in [0, 0.1) is 10.1 Å². The predicted octanol–water partition coefficient (Wildman–Crippen LogP) is 1.22. The number of aliphatic imine (C=N–C) groups is 1. The summed E-state index contributed by atoms with van der Waals surface area (Å²) in [6, 6.07) is 0. The minimum atomic E-state index is -0.528. The second-order valence-electron chi connectivity index (χ2n) is 1.42. The fourth-order valence-electron chi connectivity index (χ4n) is 0.230. The van der Waals surface area contributed by atoms with Gasteiger partial charge in [0.1, 0.15) is 6.20 Å². The van der Waals surface area contributed by atoms with Gasteiger partial charge in [-0.2, -0.15) is 0 Å².